The molecule has 2 saturated carbocycles. The average Bonchev–Trinajstić information content (AvgIpc) is 3.54. The number of nitrogens with two attached hydrogens (primary N) is 1. The van der Waals surface area contributed by atoms with Gasteiger partial charge in [-0.3, -0.25) is 14.6 Å². The number of urea groups is 1. The molecular formula is C24H29ClN6O2. The number of rotatable bonds is 5. The normalized spacial score (nSPS) is 31.2. The predicted molar refractivity (Wildman–Crippen MR) is 127 cm³/mol. The lowest BCUT2D eigenvalue weighted by Crippen LogP contribution is -2.54. The molecule has 2 aliphatic carbocycles. The zero-order valence-electron chi connectivity index (χ0n) is 18.9. The van der Waals surface area contributed by atoms with Crippen LogP contribution in [0.5, 0.6) is 0 Å². The Morgan fingerprint density at radius 1 is 1.21 bits per heavy atom. The Hall–Kier alpha value is -2.71. The van der Waals surface area contributed by atoms with Gasteiger partial charge in [0, 0.05) is 11.5 Å². The highest BCUT2D eigenvalue weighted by atomic mass is 35.5. The molecule has 2 atom stereocenters. The van der Waals surface area contributed by atoms with Crippen LogP contribution in [0.1, 0.15) is 49.1 Å². The second kappa shape index (κ2) is 7.95. The Balaban J connectivity index is 1.35. The van der Waals surface area contributed by atoms with Gasteiger partial charge in [-0.2, -0.15) is 0 Å². The Kier molecular flexibility index (Phi) is 5.33. The van der Waals surface area contributed by atoms with E-state index >= 15 is 0 Å². The largest absolute Gasteiger partial charge is 0.368 e. The van der Waals surface area contributed by atoms with Crippen molar-refractivity contribution in [3.05, 3.63) is 47.8 Å². The van der Waals surface area contributed by atoms with Crippen LogP contribution in [0.3, 0.4) is 0 Å². The quantitative estimate of drug-likeness (QED) is 0.653. The van der Waals surface area contributed by atoms with E-state index in [4.69, 9.17) is 17.3 Å². The van der Waals surface area contributed by atoms with Gasteiger partial charge in [-0.1, -0.05) is 24.3 Å². The molecule has 3 N–H and O–H groups in total. The molecule has 3 fully saturated rings. The number of nitrogens with zero attached hydrogens (tertiary/aromatic N) is 4. The number of amides is 2. The van der Waals surface area contributed by atoms with Gasteiger partial charge in [-0.15, -0.1) is 0 Å². The van der Waals surface area contributed by atoms with E-state index in [2.05, 4.69) is 58.5 Å². The second-order valence-corrected chi connectivity index (χ2v) is 10.3. The van der Waals surface area contributed by atoms with E-state index in [1.54, 1.807) is 17.3 Å². The lowest BCUT2D eigenvalue weighted by Gasteiger charge is -2.48. The summed E-state index contributed by atoms with van der Waals surface area (Å²) in [5.74, 6) is 0.370. The number of nitrogen functional groups attached to an aromatic ring is 1. The third-order valence-corrected chi connectivity index (χ3v) is 8.15. The van der Waals surface area contributed by atoms with E-state index < -0.39 is 0 Å². The van der Waals surface area contributed by atoms with Gasteiger partial charge in [0.15, 0.2) is 0 Å². The first-order valence-corrected chi connectivity index (χ1v) is 11.8. The summed E-state index contributed by atoms with van der Waals surface area (Å²) in [6, 6.07) is 8.52. The molecule has 1 aliphatic heterocycles. The lowest BCUT2D eigenvalue weighted by atomic mass is 9.68. The smallest absolute Gasteiger partial charge is 0.322 e. The van der Waals surface area contributed by atoms with Gasteiger partial charge in [-0.25, -0.2) is 14.8 Å². The van der Waals surface area contributed by atoms with Gasteiger partial charge in [0.2, 0.25) is 11.2 Å². The standard InChI is InChI=1S/C24H29ClN6O2/c1-30(2)24(16-5-3-4-15(10-16)18-11-19(18)20(25)32)8-6-23(7-9-24)14-31(22(33)29-23)17-12-27-21(26)28-13-17/h3-5,10,12-13,18-19H,6-9,11,14H2,1-2H3,(H,29,33)(H2,26,27,28). The first kappa shape index (κ1) is 22.1. The number of nitrogens with one attached hydrogen (secondary N) is 1. The second-order valence-electron chi connectivity index (χ2n) is 9.90. The fraction of sp³-hybridized carbons (Fsp3) is 0.500. The van der Waals surface area contributed by atoms with Crippen molar-refractivity contribution < 1.29 is 9.59 Å². The summed E-state index contributed by atoms with van der Waals surface area (Å²) in [7, 11) is 4.25. The van der Waals surface area contributed by atoms with Crippen molar-refractivity contribution in [2.45, 2.75) is 49.1 Å². The zero-order valence-corrected chi connectivity index (χ0v) is 19.7. The van der Waals surface area contributed by atoms with Crippen LogP contribution >= 0.6 is 11.6 Å². The summed E-state index contributed by atoms with van der Waals surface area (Å²) in [5, 5.41) is 3.01. The summed E-state index contributed by atoms with van der Waals surface area (Å²) in [6.07, 6.45) is 7.57. The van der Waals surface area contributed by atoms with Crippen LogP contribution in [0.4, 0.5) is 16.4 Å². The van der Waals surface area contributed by atoms with Gasteiger partial charge in [0.05, 0.1) is 30.2 Å². The molecule has 174 valence electrons. The van der Waals surface area contributed by atoms with Gasteiger partial charge < -0.3 is 11.1 Å². The summed E-state index contributed by atoms with van der Waals surface area (Å²) < 4.78 is 0. The van der Waals surface area contributed by atoms with E-state index in [1.807, 2.05) is 0 Å². The summed E-state index contributed by atoms with van der Waals surface area (Å²) in [4.78, 5) is 36.4. The number of benzene rings is 1. The molecule has 2 amide bonds. The van der Waals surface area contributed by atoms with E-state index in [0.717, 1.165) is 32.1 Å². The molecule has 1 aromatic carbocycles. The highest BCUT2D eigenvalue weighted by Gasteiger charge is 2.51. The fourth-order valence-electron chi connectivity index (χ4n) is 5.68. The van der Waals surface area contributed by atoms with E-state index in [-0.39, 0.29) is 40.1 Å². The summed E-state index contributed by atoms with van der Waals surface area (Å²) in [6.45, 7) is 0.588. The third kappa shape index (κ3) is 3.85. The van der Waals surface area contributed by atoms with E-state index in [9.17, 15) is 9.59 Å². The molecule has 2 aromatic rings. The average molecular weight is 469 g/mol. The van der Waals surface area contributed by atoms with Crippen LogP contribution < -0.4 is 16.0 Å². The number of halogens is 1. The van der Waals surface area contributed by atoms with Crippen molar-refractivity contribution in [1.82, 2.24) is 20.2 Å². The maximum atomic E-state index is 12.8. The number of hydrogen-bond acceptors (Lipinski definition) is 6. The Morgan fingerprint density at radius 3 is 2.52 bits per heavy atom. The monoisotopic (exact) mass is 468 g/mol. The molecule has 0 bridgehead atoms. The molecular weight excluding hydrogens is 440 g/mol. The zero-order chi connectivity index (χ0) is 23.4. The molecule has 1 saturated heterocycles. The molecule has 0 radical (unpaired) electrons. The van der Waals surface area contributed by atoms with Gasteiger partial charge in [0.25, 0.3) is 0 Å². The molecule has 5 rings (SSSR count). The van der Waals surface area contributed by atoms with Crippen LogP contribution in [0.2, 0.25) is 0 Å². The molecule has 33 heavy (non-hydrogen) atoms. The van der Waals surface area contributed by atoms with E-state index in [1.165, 1.54) is 11.1 Å². The first-order chi connectivity index (χ1) is 15.7. The number of aromatic nitrogens is 2. The number of anilines is 2. The minimum absolute atomic E-state index is 0.0520. The fourth-order valence-corrected chi connectivity index (χ4v) is 5.92. The van der Waals surface area contributed by atoms with Crippen molar-refractivity contribution in [3.8, 4) is 0 Å². The van der Waals surface area contributed by atoms with Gasteiger partial charge in [0.1, 0.15) is 0 Å². The minimum Gasteiger partial charge on any atom is -0.368 e. The molecule has 1 spiro atoms. The SMILES string of the molecule is CN(C)C1(c2cccc(C3CC3C(=O)Cl)c2)CCC2(CC1)CN(c1cnc(N)nc1)C(=O)N2. The van der Waals surface area contributed by atoms with Crippen molar-refractivity contribution >= 4 is 34.5 Å². The van der Waals surface area contributed by atoms with Gasteiger partial charge >= 0.3 is 6.03 Å². The highest BCUT2D eigenvalue weighted by molar-refractivity contribution is 6.64. The molecule has 3 aliphatic rings. The van der Waals surface area contributed by atoms with Crippen molar-refractivity contribution in [2.24, 2.45) is 5.92 Å². The van der Waals surface area contributed by atoms with Gasteiger partial charge in [-0.05, 0) is 74.8 Å². The Bertz CT molecular complexity index is 1080. The molecule has 2 heterocycles. The van der Waals surface area contributed by atoms with Crippen LogP contribution in [-0.2, 0) is 10.3 Å². The van der Waals surface area contributed by atoms with E-state index in [0.29, 0.717) is 12.2 Å². The lowest BCUT2D eigenvalue weighted by molar-refractivity contribution is -0.112. The third-order valence-electron chi connectivity index (χ3n) is 7.87. The minimum atomic E-state index is -0.276. The van der Waals surface area contributed by atoms with Crippen molar-refractivity contribution in [3.63, 3.8) is 0 Å². The topological polar surface area (TPSA) is 104 Å². The Morgan fingerprint density at radius 2 is 1.91 bits per heavy atom. The first-order valence-electron chi connectivity index (χ1n) is 11.4. The van der Waals surface area contributed by atoms with Crippen molar-refractivity contribution in [2.75, 3.05) is 31.3 Å². The molecule has 2 unspecified atom stereocenters. The van der Waals surface area contributed by atoms with Crippen molar-refractivity contribution in [1.29, 1.82) is 0 Å². The summed E-state index contributed by atoms with van der Waals surface area (Å²) in [5.41, 5.74) is 8.31. The highest BCUT2D eigenvalue weighted by Crippen LogP contribution is 2.51. The predicted octanol–water partition coefficient (Wildman–Crippen LogP) is 3.23. The van der Waals surface area contributed by atoms with Crippen LogP contribution in [0, 0.1) is 5.92 Å². The van der Waals surface area contributed by atoms with Crippen LogP contribution in [-0.4, -0.2) is 52.3 Å². The molecule has 1 aromatic heterocycles. The van der Waals surface area contributed by atoms with Crippen LogP contribution in [0.25, 0.3) is 0 Å². The number of carbonyl (C=O) groups excluding carboxylic acids is 2. The maximum absolute atomic E-state index is 12.8. The maximum Gasteiger partial charge on any atom is 0.322 e. The number of hydrogen-bond donors (Lipinski definition) is 2. The Labute approximate surface area is 198 Å². The number of carbonyl (C=O) groups is 2. The molecule has 8 nitrogen and oxygen atoms in total. The molecule has 9 heteroatoms. The summed E-state index contributed by atoms with van der Waals surface area (Å²) >= 11 is 5.73. The van der Waals surface area contributed by atoms with Crippen LogP contribution in [0.15, 0.2) is 36.7 Å².